The van der Waals surface area contributed by atoms with Crippen molar-refractivity contribution in [2.24, 2.45) is 0 Å². The van der Waals surface area contributed by atoms with E-state index in [0.717, 1.165) is 16.5 Å². The molecule has 3 aromatic rings. The first-order chi connectivity index (χ1) is 9.74. The Kier molecular flexibility index (Phi) is 3.69. The molecule has 98 valence electrons. The first kappa shape index (κ1) is 13.1. The van der Waals surface area contributed by atoms with Gasteiger partial charge in [0.05, 0.1) is 17.1 Å². The van der Waals surface area contributed by atoms with Crippen LogP contribution in [0.3, 0.4) is 0 Å². The summed E-state index contributed by atoms with van der Waals surface area (Å²) in [6, 6.07) is 15.6. The zero-order chi connectivity index (χ0) is 13.9. The Hall–Kier alpha value is -1.88. The van der Waals surface area contributed by atoms with Crippen LogP contribution < -0.4 is 0 Å². The molecule has 1 aromatic heterocycles. The number of rotatable bonds is 1. The summed E-state index contributed by atoms with van der Waals surface area (Å²) in [5.41, 5.74) is 2.02. The molecule has 0 atom stereocenters. The second kappa shape index (κ2) is 5.63. The van der Waals surface area contributed by atoms with Crippen molar-refractivity contribution < 1.29 is 0 Å². The highest BCUT2D eigenvalue weighted by Crippen LogP contribution is 2.28. The molecule has 0 spiro atoms. The van der Waals surface area contributed by atoms with Gasteiger partial charge >= 0.3 is 0 Å². The fourth-order valence-electron chi connectivity index (χ4n) is 2.10. The van der Waals surface area contributed by atoms with E-state index < -0.39 is 0 Å². The summed E-state index contributed by atoms with van der Waals surface area (Å²) in [4.78, 5) is 0. The van der Waals surface area contributed by atoms with E-state index in [1.54, 1.807) is 6.07 Å². The van der Waals surface area contributed by atoms with Crippen LogP contribution in [0.1, 0.15) is 5.56 Å². The van der Waals surface area contributed by atoms with Gasteiger partial charge in [0.25, 0.3) is 0 Å². The fourth-order valence-corrected chi connectivity index (χ4v) is 2.65. The van der Waals surface area contributed by atoms with Crippen LogP contribution in [0.25, 0.3) is 10.9 Å². The van der Waals surface area contributed by atoms with Gasteiger partial charge in [0.15, 0.2) is 0 Å². The van der Waals surface area contributed by atoms with E-state index in [2.05, 4.69) is 11.8 Å². The highest BCUT2D eigenvalue weighted by molar-refractivity contribution is 6.38. The van der Waals surface area contributed by atoms with Crippen LogP contribution in [0.4, 0.5) is 0 Å². The molecule has 0 aliphatic carbocycles. The van der Waals surface area contributed by atoms with Crippen LogP contribution in [0.15, 0.2) is 54.7 Å². The lowest BCUT2D eigenvalue weighted by Gasteiger charge is -2.01. The molecule has 0 fully saturated rings. The molecule has 3 heteroatoms. The average molecular weight is 300 g/mol. The predicted octanol–water partition coefficient (Wildman–Crippen LogP) is 5.00. The molecule has 0 aliphatic rings. The maximum Gasteiger partial charge on any atom is 0.0841 e. The second-order valence-corrected chi connectivity index (χ2v) is 5.28. The smallest absolute Gasteiger partial charge is 0.0841 e. The van der Waals surface area contributed by atoms with E-state index >= 15 is 0 Å². The van der Waals surface area contributed by atoms with Gasteiger partial charge in [0, 0.05) is 22.2 Å². The van der Waals surface area contributed by atoms with Crippen molar-refractivity contribution in [2.45, 2.75) is 6.54 Å². The van der Waals surface area contributed by atoms with Crippen molar-refractivity contribution in [1.82, 2.24) is 4.57 Å². The maximum atomic E-state index is 6.17. The maximum absolute atomic E-state index is 6.17. The normalized spacial score (nSPS) is 10.3. The standard InChI is InChI=1S/C17H11Cl2N/c18-14-11-16(19)15-8-10-20(17(15)12-14)9-4-7-13-5-2-1-3-6-13/h1-3,5-6,8,10-12H,9H2. The van der Waals surface area contributed by atoms with Crippen LogP contribution in [0.2, 0.25) is 10.0 Å². The Bertz CT molecular complexity index is 807. The van der Waals surface area contributed by atoms with Crippen LogP contribution in [0.5, 0.6) is 0 Å². The van der Waals surface area contributed by atoms with Gasteiger partial charge in [-0.25, -0.2) is 0 Å². The molecule has 0 amide bonds. The number of aromatic nitrogens is 1. The molecule has 0 N–H and O–H groups in total. The molecular formula is C17H11Cl2N. The SMILES string of the molecule is Clc1cc(Cl)c2ccn(CC#Cc3ccccc3)c2c1. The summed E-state index contributed by atoms with van der Waals surface area (Å²) in [6.45, 7) is 0.606. The Morgan fingerprint density at radius 3 is 2.60 bits per heavy atom. The highest BCUT2D eigenvalue weighted by atomic mass is 35.5. The van der Waals surface area contributed by atoms with E-state index in [0.29, 0.717) is 16.6 Å². The van der Waals surface area contributed by atoms with Crippen LogP contribution in [-0.2, 0) is 6.54 Å². The number of hydrogen-bond donors (Lipinski definition) is 0. The number of halogens is 2. The molecule has 0 radical (unpaired) electrons. The van der Waals surface area contributed by atoms with E-state index in [9.17, 15) is 0 Å². The summed E-state index contributed by atoms with van der Waals surface area (Å²) in [5, 5.41) is 2.30. The van der Waals surface area contributed by atoms with Gasteiger partial charge in [-0.2, -0.15) is 0 Å². The fraction of sp³-hybridized carbons (Fsp3) is 0.0588. The zero-order valence-corrected chi connectivity index (χ0v) is 12.1. The Balaban J connectivity index is 1.91. The monoisotopic (exact) mass is 299 g/mol. The van der Waals surface area contributed by atoms with Gasteiger partial charge in [-0.05, 0) is 30.3 Å². The average Bonchev–Trinajstić information content (AvgIpc) is 2.83. The molecule has 0 aliphatic heterocycles. The lowest BCUT2D eigenvalue weighted by atomic mass is 10.2. The quantitative estimate of drug-likeness (QED) is 0.557. The third-order valence-corrected chi connectivity index (χ3v) is 3.59. The van der Waals surface area contributed by atoms with Crippen molar-refractivity contribution in [3.63, 3.8) is 0 Å². The molecule has 20 heavy (non-hydrogen) atoms. The van der Waals surface area contributed by atoms with E-state index in [1.807, 2.05) is 53.2 Å². The van der Waals surface area contributed by atoms with Gasteiger partial charge in [-0.15, -0.1) is 0 Å². The summed E-state index contributed by atoms with van der Waals surface area (Å²) in [7, 11) is 0. The van der Waals surface area contributed by atoms with E-state index in [1.165, 1.54) is 0 Å². The molecule has 1 heterocycles. The van der Waals surface area contributed by atoms with Crippen LogP contribution in [-0.4, -0.2) is 4.57 Å². The van der Waals surface area contributed by atoms with Crippen LogP contribution in [0, 0.1) is 11.8 Å². The molecule has 2 aromatic carbocycles. The van der Waals surface area contributed by atoms with Gasteiger partial charge < -0.3 is 4.57 Å². The summed E-state index contributed by atoms with van der Waals surface area (Å²) < 4.78 is 2.04. The second-order valence-electron chi connectivity index (χ2n) is 4.43. The largest absolute Gasteiger partial charge is 0.336 e. The minimum atomic E-state index is 0.606. The first-order valence-electron chi connectivity index (χ1n) is 6.22. The molecule has 0 unspecified atom stereocenters. The minimum Gasteiger partial charge on any atom is -0.336 e. The number of fused-ring (bicyclic) bond motifs is 1. The lowest BCUT2D eigenvalue weighted by Crippen LogP contribution is -1.93. The van der Waals surface area contributed by atoms with E-state index in [-0.39, 0.29) is 0 Å². The Labute approximate surface area is 127 Å². The molecule has 3 rings (SSSR count). The highest BCUT2D eigenvalue weighted by Gasteiger charge is 2.05. The summed E-state index contributed by atoms with van der Waals surface area (Å²) in [5.74, 6) is 6.30. The van der Waals surface area contributed by atoms with Crippen molar-refractivity contribution >= 4 is 34.1 Å². The van der Waals surface area contributed by atoms with Gasteiger partial charge in [-0.1, -0.05) is 53.2 Å². The zero-order valence-electron chi connectivity index (χ0n) is 10.6. The van der Waals surface area contributed by atoms with Gasteiger partial charge in [0.1, 0.15) is 0 Å². The Morgan fingerprint density at radius 2 is 1.80 bits per heavy atom. The lowest BCUT2D eigenvalue weighted by molar-refractivity contribution is 0.886. The van der Waals surface area contributed by atoms with Crippen LogP contribution >= 0.6 is 23.2 Å². The third kappa shape index (κ3) is 2.67. The van der Waals surface area contributed by atoms with Gasteiger partial charge in [-0.3, -0.25) is 0 Å². The summed E-state index contributed by atoms with van der Waals surface area (Å²) in [6.07, 6.45) is 1.98. The van der Waals surface area contributed by atoms with Gasteiger partial charge in [0.2, 0.25) is 0 Å². The molecular weight excluding hydrogens is 289 g/mol. The molecule has 0 saturated carbocycles. The topological polar surface area (TPSA) is 4.93 Å². The Morgan fingerprint density at radius 1 is 1.00 bits per heavy atom. The van der Waals surface area contributed by atoms with E-state index in [4.69, 9.17) is 23.2 Å². The van der Waals surface area contributed by atoms with Crippen molar-refractivity contribution in [2.75, 3.05) is 0 Å². The minimum absolute atomic E-state index is 0.606. The van der Waals surface area contributed by atoms with Crippen molar-refractivity contribution in [1.29, 1.82) is 0 Å². The number of hydrogen-bond acceptors (Lipinski definition) is 0. The first-order valence-corrected chi connectivity index (χ1v) is 6.97. The van der Waals surface area contributed by atoms with Crippen molar-refractivity contribution in [3.8, 4) is 11.8 Å². The third-order valence-electron chi connectivity index (χ3n) is 3.06. The predicted molar refractivity (Wildman–Crippen MR) is 85.3 cm³/mol. The molecule has 0 saturated heterocycles. The summed E-state index contributed by atoms with van der Waals surface area (Å²) >= 11 is 12.2. The number of nitrogens with zero attached hydrogens (tertiary/aromatic N) is 1. The van der Waals surface area contributed by atoms with Crippen molar-refractivity contribution in [3.05, 3.63) is 70.3 Å². The molecule has 0 bridgehead atoms. The number of benzene rings is 2. The molecule has 1 nitrogen and oxygen atoms in total.